The van der Waals surface area contributed by atoms with Gasteiger partial charge >= 0.3 is 0 Å². The summed E-state index contributed by atoms with van der Waals surface area (Å²) in [6, 6.07) is 9.40. The fraction of sp³-hybridized carbons (Fsp3) is 0.562. The third-order valence-electron chi connectivity index (χ3n) is 3.74. The lowest BCUT2D eigenvalue weighted by molar-refractivity contribution is -0.133. The minimum Gasteiger partial charge on any atom is -0.376 e. The summed E-state index contributed by atoms with van der Waals surface area (Å²) in [5, 5.41) is 0. The highest BCUT2D eigenvalue weighted by atomic mass is 16.5. The minimum atomic E-state index is -0.481. The van der Waals surface area contributed by atoms with E-state index in [-0.39, 0.29) is 12.0 Å². The Morgan fingerprint density at radius 2 is 2.15 bits per heavy atom. The van der Waals surface area contributed by atoms with E-state index in [0.717, 1.165) is 25.0 Å². The molecule has 1 aromatic rings. The Morgan fingerprint density at radius 1 is 1.40 bits per heavy atom. The summed E-state index contributed by atoms with van der Waals surface area (Å²) < 4.78 is 5.66. The molecule has 1 fully saturated rings. The van der Waals surface area contributed by atoms with Crippen molar-refractivity contribution in [2.24, 2.45) is 5.73 Å². The first-order chi connectivity index (χ1) is 9.66. The summed E-state index contributed by atoms with van der Waals surface area (Å²) >= 11 is 0. The van der Waals surface area contributed by atoms with Gasteiger partial charge in [-0.3, -0.25) is 4.79 Å². The molecule has 0 aliphatic carbocycles. The Labute approximate surface area is 120 Å². The van der Waals surface area contributed by atoms with Crippen LogP contribution in [0.2, 0.25) is 0 Å². The van der Waals surface area contributed by atoms with Crippen LogP contribution in [0.1, 0.15) is 24.8 Å². The zero-order valence-electron chi connectivity index (χ0n) is 12.1. The maximum atomic E-state index is 12.3. The molecule has 1 aromatic carbocycles. The minimum absolute atomic E-state index is 0.0111. The van der Waals surface area contributed by atoms with E-state index in [1.54, 1.807) is 4.90 Å². The van der Waals surface area contributed by atoms with Crippen molar-refractivity contribution in [3.8, 4) is 0 Å². The number of likely N-dealkylation sites (N-methyl/N-ethyl adjacent to an activating group) is 1. The van der Waals surface area contributed by atoms with Crippen molar-refractivity contribution in [2.45, 2.75) is 37.8 Å². The average Bonchev–Trinajstić information content (AvgIpc) is 2.48. The highest BCUT2D eigenvalue weighted by Crippen LogP contribution is 2.14. The molecule has 0 spiro atoms. The van der Waals surface area contributed by atoms with Crippen molar-refractivity contribution in [1.82, 2.24) is 4.90 Å². The fourth-order valence-corrected chi connectivity index (χ4v) is 2.59. The van der Waals surface area contributed by atoms with Gasteiger partial charge in [0.05, 0.1) is 12.1 Å². The molecule has 2 atom stereocenters. The molecule has 0 bridgehead atoms. The van der Waals surface area contributed by atoms with Gasteiger partial charge in [-0.2, -0.15) is 0 Å². The Morgan fingerprint density at radius 3 is 2.80 bits per heavy atom. The summed E-state index contributed by atoms with van der Waals surface area (Å²) in [6.45, 7) is 1.45. The number of rotatable bonds is 5. The predicted molar refractivity (Wildman–Crippen MR) is 79.3 cm³/mol. The largest absolute Gasteiger partial charge is 0.376 e. The molecule has 4 nitrogen and oxygen atoms in total. The molecule has 1 heterocycles. The molecule has 110 valence electrons. The molecule has 2 rings (SSSR count). The fourth-order valence-electron chi connectivity index (χ4n) is 2.59. The van der Waals surface area contributed by atoms with E-state index in [4.69, 9.17) is 10.5 Å². The Balaban J connectivity index is 1.82. The number of carbonyl (C=O) groups is 1. The van der Waals surface area contributed by atoms with Gasteiger partial charge in [0.25, 0.3) is 0 Å². The number of hydrogen-bond acceptors (Lipinski definition) is 3. The van der Waals surface area contributed by atoms with Crippen LogP contribution in [-0.4, -0.2) is 43.2 Å². The highest BCUT2D eigenvalue weighted by molar-refractivity contribution is 5.81. The molecule has 2 N–H and O–H groups in total. The van der Waals surface area contributed by atoms with E-state index in [2.05, 4.69) is 0 Å². The molecule has 0 saturated carbocycles. The first-order valence-corrected chi connectivity index (χ1v) is 7.33. The van der Waals surface area contributed by atoms with E-state index in [1.165, 1.54) is 6.42 Å². The second-order valence-corrected chi connectivity index (χ2v) is 5.50. The lowest BCUT2D eigenvalue weighted by Gasteiger charge is -2.28. The van der Waals surface area contributed by atoms with E-state index in [1.807, 2.05) is 37.4 Å². The molecular formula is C16H24N2O2. The monoisotopic (exact) mass is 276 g/mol. The van der Waals surface area contributed by atoms with Crippen molar-refractivity contribution in [3.63, 3.8) is 0 Å². The third-order valence-corrected chi connectivity index (χ3v) is 3.74. The average molecular weight is 276 g/mol. The molecule has 2 unspecified atom stereocenters. The van der Waals surface area contributed by atoms with Gasteiger partial charge in [0, 0.05) is 20.2 Å². The standard InChI is InChI=1S/C16H24N2O2/c1-18(12-14-9-5-6-10-20-14)16(19)15(17)11-13-7-3-2-4-8-13/h2-4,7-8,14-15H,5-6,9-12,17H2,1H3. The molecule has 1 aliphatic heterocycles. The van der Waals surface area contributed by atoms with Crippen molar-refractivity contribution < 1.29 is 9.53 Å². The van der Waals surface area contributed by atoms with Crippen LogP contribution >= 0.6 is 0 Å². The zero-order chi connectivity index (χ0) is 14.4. The van der Waals surface area contributed by atoms with Gasteiger partial charge in [-0.25, -0.2) is 0 Å². The number of carbonyl (C=O) groups excluding carboxylic acids is 1. The van der Waals surface area contributed by atoms with Crippen molar-refractivity contribution >= 4 is 5.91 Å². The van der Waals surface area contributed by atoms with Crippen LogP contribution in [0.25, 0.3) is 0 Å². The second-order valence-electron chi connectivity index (χ2n) is 5.50. The van der Waals surface area contributed by atoms with Crippen LogP contribution in [0.15, 0.2) is 30.3 Å². The van der Waals surface area contributed by atoms with Gasteiger partial charge in [-0.05, 0) is 31.2 Å². The maximum absolute atomic E-state index is 12.3. The van der Waals surface area contributed by atoms with Gasteiger partial charge in [0.1, 0.15) is 0 Å². The quantitative estimate of drug-likeness (QED) is 0.888. The summed E-state index contributed by atoms with van der Waals surface area (Å²) in [6.07, 6.45) is 4.09. The van der Waals surface area contributed by atoms with Crippen LogP contribution in [0, 0.1) is 0 Å². The Bertz CT molecular complexity index is 416. The summed E-state index contributed by atoms with van der Waals surface area (Å²) in [4.78, 5) is 14.0. The van der Waals surface area contributed by atoms with Gasteiger partial charge in [0.15, 0.2) is 0 Å². The Kier molecular flexibility index (Phi) is 5.56. The first kappa shape index (κ1) is 15.0. The SMILES string of the molecule is CN(CC1CCCCO1)C(=O)C(N)Cc1ccccc1. The van der Waals surface area contributed by atoms with Gasteiger partial charge in [0.2, 0.25) is 5.91 Å². The highest BCUT2D eigenvalue weighted by Gasteiger charge is 2.22. The third kappa shape index (κ3) is 4.32. The molecule has 4 heteroatoms. The normalized spacial score (nSPS) is 20.4. The molecule has 1 aliphatic rings. The van der Waals surface area contributed by atoms with Crippen LogP contribution < -0.4 is 5.73 Å². The number of hydrogen-bond donors (Lipinski definition) is 1. The van der Waals surface area contributed by atoms with Crippen molar-refractivity contribution in [2.75, 3.05) is 20.2 Å². The predicted octanol–water partition coefficient (Wildman–Crippen LogP) is 1.58. The lowest BCUT2D eigenvalue weighted by atomic mass is 10.0. The van der Waals surface area contributed by atoms with Crippen molar-refractivity contribution in [3.05, 3.63) is 35.9 Å². The van der Waals surface area contributed by atoms with Gasteiger partial charge in [-0.15, -0.1) is 0 Å². The van der Waals surface area contributed by atoms with Crippen LogP contribution in [0.4, 0.5) is 0 Å². The van der Waals surface area contributed by atoms with Crippen molar-refractivity contribution in [1.29, 1.82) is 0 Å². The lowest BCUT2D eigenvalue weighted by Crippen LogP contribution is -2.46. The van der Waals surface area contributed by atoms with E-state index >= 15 is 0 Å². The summed E-state index contributed by atoms with van der Waals surface area (Å²) in [7, 11) is 1.81. The topological polar surface area (TPSA) is 55.6 Å². The molecule has 20 heavy (non-hydrogen) atoms. The van der Waals surface area contributed by atoms with E-state index in [9.17, 15) is 4.79 Å². The molecular weight excluding hydrogens is 252 g/mol. The van der Waals surface area contributed by atoms with Crippen LogP contribution in [0.3, 0.4) is 0 Å². The summed E-state index contributed by atoms with van der Waals surface area (Å²) in [5.74, 6) is -0.0111. The van der Waals surface area contributed by atoms with Gasteiger partial charge < -0.3 is 15.4 Å². The Hall–Kier alpha value is -1.39. The number of amides is 1. The second kappa shape index (κ2) is 7.41. The number of ether oxygens (including phenoxy) is 1. The number of benzene rings is 1. The summed E-state index contributed by atoms with van der Waals surface area (Å²) in [5.41, 5.74) is 7.12. The molecule has 1 saturated heterocycles. The number of nitrogens with two attached hydrogens (primary N) is 1. The van der Waals surface area contributed by atoms with Crippen LogP contribution in [-0.2, 0) is 16.0 Å². The number of nitrogens with zero attached hydrogens (tertiary/aromatic N) is 1. The zero-order valence-corrected chi connectivity index (χ0v) is 12.1. The molecule has 1 amide bonds. The maximum Gasteiger partial charge on any atom is 0.239 e. The van der Waals surface area contributed by atoms with Crippen LogP contribution in [0.5, 0.6) is 0 Å². The first-order valence-electron chi connectivity index (χ1n) is 7.33. The van der Waals surface area contributed by atoms with E-state index < -0.39 is 6.04 Å². The molecule has 0 aromatic heterocycles. The van der Waals surface area contributed by atoms with Gasteiger partial charge in [-0.1, -0.05) is 30.3 Å². The van der Waals surface area contributed by atoms with E-state index in [0.29, 0.717) is 13.0 Å². The molecule has 0 radical (unpaired) electrons. The smallest absolute Gasteiger partial charge is 0.239 e.